The summed E-state index contributed by atoms with van der Waals surface area (Å²) in [7, 11) is 0. The highest BCUT2D eigenvalue weighted by Gasteiger charge is 2.30. The fraction of sp³-hybridized carbons (Fsp3) is 0.444. The van der Waals surface area contributed by atoms with E-state index in [2.05, 4.69) is 44.9 Å². The van der Waals surface area contributed by atoms with E-state index >= 15 is 0 Å². The summed E-state index contributed by atoms with van der Waals surface area (Å²) in [5.74, 6) is 0. The highest BCUT2D eigenvalue weighted by Crippen LogP contribution is 2.14. The third kappa shape index (κ3) is 10.5. The van der Waals surface area contributed by atoms with E-state index in [0.29, 0.717) is 0 Å². The molecular weight excluding hydrogens is 430 g/mol. The van der Waals surface area contributed by atoms with Crippen molar-refractivity contribution < 1.29 is 75.7 Å². The van der Waals surface area contributed by atoms with Gasteiger partial charge in [-0.2, -0.15) is 0 Å². The van der Waals surface area contributed by atoms with Gasteiger partial charge in [-0.05, 0) is 12.8 Å². The zero-order chi connectivity index (χ0) is 15.0. The SMILES string of the molecule is O.[Cl-].[Cl-].[Cl-].[Cl-].c1cc(C[NH2+][C@@H]2CCCC[C@H]2[NH2+]Cc2cc[nH+]cc2)cc[nH+]1. The number of nitrogens with two attached hydrogens (primary N) is 2. The number of H-pyrrole nitrogens is 2. The van der Waals surface area contributed by atoms with E-state index in [-0.39, 0.29) is 55.1 Å². The first-order valence-corrected chi connectivity index (χ1v) is 8.48. The number of halogens is 4. The van der Waals surface area contributed by atoms with Crippen molar-refractivity contribution in [2.45, 2.75) is 50.9 Å². The second-order valence-corrected chi connectivity index (χ2v) is 6.31. The molecule has 0 radical (unpaired) electrons. The molecule has 1 aliphatic rings. The summed E-state index contributed by atoms with van der Waals surface area (Å²) in [6.45, 7) is 2.17. The van der Waals surface area contributed by atoms with Crippen molar-refractivity contribution in [2.24, 2.45) is 0 Å². The third-order valence-electron chi connectivity index (χ3n) is 4.76. The average molecular weight is 460 g/mol. The molecule has 27 heavy (non-hydrogen) atoms. The molecule has 0 unspecified atom stereocenters. The number of aromatic amines is 2. The van der Waals surface area contributed by atoms with Gasteiger partial charge in [0.1, 0.15) is 25.2 Å². The Morgan fingerprint density at radius 2 is 1.00 bits per heavy atom. The Hall–Kier alpha value is -0.660. The third-order valence-corrected chi connectivity index (χ3v) is 4.76. The van der Waals surface area contributed by atoms with Crippen LogP contribution in [0.3, 0.4) is 0 Å². The van der Waals surface area contributed by atoms with E-state index < -0.39 is 0 Å². The first-order chi connectivity index (χ1) is 10.9. The van der Waals surface area contributed by atoms with Crippen molar-refractivity contribution >= 4 is 0 Å². The minimum Gasteiger partial charge on any atom is -1.00 e. The molecule has 0 aliphatic heterocycles. The Kier molecular flexibility index (Phi) is 20.1. The number of nitrogens with one attached hydrogen (secondary N) is 2. The molecule has 156 valence electrons. The van der Waals surface area contributed by atoms with Gasteiger partial charge in [0.2, 0.25) is 0 Å². The van der Waals surface area contributed by atoms with Crippen molar-refractivity contribution in [3.05, 3.63) is 60.2 Å². The highest BCUT2D eigenvalue weighted by molar-refractivity contribution is 5.05. The molecule has 2 atom stereocenters. The highest BCUT2D eigenvalue weighted by atomic mass is 35.5. The molecule has 3 rings (SSSR count). The molecule has 9 heteroatoms. The van der Waals surface area contributed by atoms with Crippen molar-refractivity contribution in [2.75, 3.05) is 0 Å². The monoisotopic (exact) mass is 458 g/mol. The van der Waals surface area contributed by atoms with Crippen LogP contribution in [0.15, 0.2) is 49.1 Å². The van der Waals surface area contributed by atoms with E-state index in [9.17, 15) is 0 Å². The molecule has 0 bridgehead atoms. The van der Waals surface area contributed by atoms with E-state index in [4.69, 9.17) is 0 Å². The number of pyridine rings is 2. The summed E-state index contributed by atoms with van der Waals surface area (Å²) < 4.78 is 0. The maximum Gasteiger partial charge on any atom is 0.167 e. The molecule has 1 saturated carbocycles. The average Bonchev–Trinajstić information content (AvgIpc) is 2.61. The zero-order valence-corrected chi connectivity index (χ0v) is 18.2. The summed E-state index contributed by atoms with van der Waals surface area (Å²) in [5.41, 5.74) is 2.81. The van der Waals surface area contributed by atoms with Crippen LogP contribution in [0.5, 0.6) is 0 Å². The minimum absolute atomic E-state index is 0. The predicted molar refractivity (Wildman–Crippen MR) is 86.9 cm³/mol. The van der Waals surface area contributed by atoms with E-state index in [1.165, 1.54) is 36.8 Å². The molecule has 2 aromatic rings. The summed E-state index contributed by atoms with van der Waals surface area (Å²) in [5, 5.41) is 5.10. The van der Waals surface area contributed by atoms with Gasteiger partial charge < -0.3 is 65.7 Å². The summed E-state index contributed by atoms with van der Waals surface area (Å²) in [6, 6.07) is 10.2. The van der Waals surface area contributed by atoms with Gasteiger partial charge in [-0.25, -0.2) is 9.97 Å². The number of hydrogen-bond donors (Lipinski definition) is 2. The lowest BCUT2D eigenvalue weighted by Crippen LogP contribution is -3.02. The van der Waals surface area contributed by atoms with Crippen LogP contribution in [0.4, 0.5) is 0 Å². The molecule has 2 heterocycles. The van der Waals surface area contributed by atoms with Crippen molar-refractivity contribution in [1.82, 2.24) is 0 Å². The van der Waals surface area contributed by atoms with E-state index in [1.807, 2.05) is 24.8 Å². The largest absolute Gasteiger partial charge is 1.00 e. The van der Waals surface area contributed by atoms with Gasteiger partial charge in [-0.15, -0.1) is 0 Å². The summed E-state index contributed by atoms with van der Waals surface area (Å²) in [6.07, 6.45) is 13.5. The molecule has 5 nitrogen and oxygen atoms in total. The Morgan fingerprint density at radius 1 is 0.667 bits per heavy atom. The minimum atomic E-state index is 0. The maximum atomic E-state index is 3.10. The van der Waals surface area contributed by atoms with Crippen LogP contribution in [0.2, 0.25) is 0 Å². The van der Waals surface area contributed by atoms with Crippen molar-refractivity contribution in [1.29, 1.82) is 0 Å². The van der Waals surface area contributed by atoms with Gasteiger partial charge in [-0.1, -0.05) is 0 Å². The molecule has 0 amide bonds. The lowest BCUT2D eigenvalue weighted by Gasteiger charge is -2.27. The lowest BCUT2D eigenvalue weighted by atomic mass is 9.90. The van der Waals surface area contributed by atoms with Crippen LogP contribution in [-0.4, -0.2) is 17.6 Å². The van der Waals surface area contributed by atoms with Crippen LogP contribution < -0.4 is 70.2 Å². The smallest absolute Gasteiger partial charge is 0.167 e. The topological polar surface area (TPSA) is 93.0 Å². The Balaban J connectivity index is -0.00000115. The van der Waals surface area contributed by atoms with Crippen LogP contribution in [0, 0.1) is 0 Å². The molecule has 8 N–H and O–H groups in total. The number of quaternary nitrogens is 2. The normalized spacial score (nSPS) is 17.6. The zero-order valence-electron chi connectivity index (χ0n) is 15.2. The molecule has 1 fully saturated rings. The van der Waals surface area contributed by atoms with Gasteiger partial charge >= 0.3 is 0 Å². The van der Waals surface area contributed by atoms with Crippen LogP contribution in [-0.2, 0) is 13.1 Å². The van der Waals surface area contributed by atoms with Crippen molar-refractivity contribution in [3.8, 4) is 0 Å². The molecule has 0 saturated heterocycles. The molecule has 0 spiro atoms. The predicted octanol–water partition coefficient (Wildman–Crippen LogP) is -13.4. The van der Waals surface area contributed by atoms with Crippen molar-refractivity contribution in [3.63, 3.8) is 0 Å². The fourth-order valence-electron chi connectivity index (χ4n) is 3.46. The van der Waals surface area contributed by atoms with Gasteiger partial charge in [0.05, 0.1) is 0 Å². The first kappa shape index (κ1) is 31.0. The van der Waals surface area contributed by atoms with Gasteiger partial charge in [0.25, 0.3) is 0 Å². The van der Waals surface area contributed by atoms with Gasteiger partial charge in [-0.3, -0.25) is 0 Å². The number of aromatic nitrogens is 2. The quantitative estimate of drug-likeness (QED) is 0.429. The molecular formula is C18H30Cl4N4O. The number of rotatable bonds is 6. The van der Waals surface area contributed by atoms with Crippen LogP contribution >= 0.6 is 0 Å². The summed E-state index contributed by atoms with van der Waals surface area (Å²) in [4.78, 5) is 6.19. The maximum absolute atomic E-state index is 3.10. The lowest BCUT2D eigenvalue weighted by molar-refractivity contribution is -0.790. The Labute approximate surface area is 186 Å². The van der Waals surface area contributed by atoms with Gasteiger partial charge in [0, 0.05) is 48.2 Å². The standard InChI is InChI=1S/C18H24N4.4ClH.H2O/c1-2-4-18(22-14-16-7-11-20-12-8-16)17(3-1)21-13-15-5-9-19-10-6-15;;;;;/h5-12,17-18,21-22H,1-4,13-14H2;4*1H;1H2/t17-,18-;;;;;/m1...../s1. The number of hydrogen-bond acceptors (Lipinski definition) is 0. The van der Waals surface area contributed by atoms with E-state index in [0.717, 1.165) is 25.2 Å². The second-order valence-electron chi connectivity index (χ2n) is 6.31. The van der Waals surface area contributed by atoms with Gasteiger partial charge in [0.15, 0.2) is 24.8 Å². The second kappa shape index (κ2) is 17.4. The van der Waals surface area contributed by atoms with Crippen LogP contribution in [0.25, 0.3) is 0 Å². The first-order valence-electron chi connectivity index (χ1n) is 8.48. The van der Waals surface area contributed by atoms with Crippen LogP contribution in [0.1, 0.15) is 36.8 Å². The molecule has 2 aromatic heterocycles. The fourth-order valence-corrected chi connectivity index (χ4v) is 3.46. The molecule has 1 aliphatic carbocycles. The molecule has 0 aromatic carbocycles. The van der Waals surface area contributed by atoms with E-state index in [1.54, 1.807) is 0 Å². The summed E-state index contributed by atoms with van der Waals surface area (Å²) >= 11 is 0. The Bertz CT molecular complexity index is 514. The Morgan fingerprint density at radius 3 is 1.33 bits per heavy atom.